The van der Waals surface area contributed by atoms with Gasteiger partial charge >= 0.3 is 11.9 Å². The highest BCUT2D eigenvalue weighted by molar-refractivity contribution is 5.96. The van der Waals surface area contributed by atoms with Crippen molar-refractivity contribution >= 4 is 17.8 Å². The number of ether oxygens (including phenoxy) is 3. The minimum Gasteiger partial charge on any atom is -0.484 e. The van der Waals surface area contributed by atoms with Gasteiger partial charge in [-0.15, -0.1) is 0 Å². The Morgan fingerprint density at radius 3 is 2.11 bits per heavy atom. The Hall–Kier alpha value is -3.42. The number of carbonyl (C=O) groups is 3. The van der Waals surface area contributed by atoms with Gasteiger partial charge in [-0.3, -0.25) is 4.79 Å². The summed E-state index contributed by atoms with van der Waals surface area (Å²) >= 11 is 0. The highest BCUT2D eigenvalue weighted by Crippen LogP contribution is 2.19. The Morgan fingerprint density at radius 2 is 1.56 bits per heavy atom. The van der Waals surface area contributed by atoms with Crippen LogP contribution < -0.4 is 10.1 Å². The first kappa shape index (κ1) is 19.9. The maximum atomic E-state index is 13.5. The second kappa shape index (κ2) is 9.33. The third kappa shape index (κ3) is 5.53. The van der Waals surface area contributed by atoms with Crippen molar-refractivity contribution in [1.29, 1.82) is 0 Å². The van der Waals surface area contributed by atoms with Crippen molar-refractivity contribution in [3.05, 3.63) is 65.0 Å². The maximum absolute atomic E-state index is 13.5. The van der Waals surface area contributed by atoms with E-state index in [9.17, 15) is 18.8 Å². The van der Waals surface area contributed by atoms with Crippen LogP contribution in [0.5, 0.6) is 5.75 Å². The fourth-order valence-corrected chi connectivity index (χ4v) is 2.19. The quantitative estimate of drug-likeness (QED) is 0.746. The number of halogens is 1. The van der Waals surface area contributed by atoms with Gasteiger partial charge in [-0.1, -0.05) is 18.2 Å². The number of methoxy groups -OCH3 is 2. The van der Waals surface area contributed by atoms with Crippen LogP contribution in [0.25, 0.3) is 0 Å². The molecule has 0 radical (unpaired) electrons. The first-order chi connectivity index (χ1) is 12.9. The predicted molar refractivity (Wildman–Crippen MR) is 92.9 cm³/mol. The summed E-state index contributed by atoms with van der Waals surface area (Å²) < 4.78 is 28.1. The Kier molecular flexibility index (Phi) is 6.87. The van der Waals surface area contributed by atoms with Crippen LogP contribution in [0, 0.1) is 5.82 Å². The average Bonchev–Trinajstić information content (AvgIpc) is 2.70. The van der Waals surface area contributed by atoms with Crippen LogP contribution in [0.1, 0.15) is 26.3 Å². The zero-order valence-corrected chi connectivity index (χ0v) is 14.8. The third-order valence-electron chi connectivity index (χ3n) is 3.55. The van der Waals surface area contributed by atoms with E-state index in [0.717, 1.165) is 0 Å². The smallest absolute Gasteiger partial charge is 0.338 e. The van der Waals surface area contributed by atoms with Gasteiger partial charge in [-0.2, -0.15) is 0 Å². The topological polar surface area (TPSA) is 90.9 Å². The first-order valence-electron chi connectivity index (χ1n) is 7.89. The van der Waals surface area contributed by atoms with Crippen molar-refractivity contribution in [3.63, 3.8) is 0 Å². The van der Waals surface area contributed by atoms with Crippen LogP contribution in [0.2, 0.25) is 0 Å². The summed E-state index contributed by atoms with van der Waals surface area (Å²) in [5.74, 6) is -2.16. The molecule has 0 saturated heterocycles. The van der Waals surface area contributed by atoms with Crippen LogP contribution in [0.4, 0.5) is 4.39 Å². The normalized spacial score (nSPS) is 10.0. The molecule has 2 rings (SSSR count). The summed E-state index contributed by atoms with van der Waals surface area (Å²) in [6.07, 6.45) is 0. The van der Waals surface area contributed by atoms with Gasteiger partial charge in [0.1, 0.15) is 11.6 Å². The zero-order valence-electron chi connectivity index (χ0n) is 14.8. The molecule has 0 heterocycles. The van der Waals surface area contributed by atoms with E-state index < -0.39 is 23.7 Å². The van der Waals surface area contributed by atoms with E-state index in [4.69, 9.17) is 4.74 Å². The minimum absolute atomic E-state index is 0.00444. The van der Waals surface area contributed by atoms with Crippen molar-refractivity contribution in [3.8, 4) is 5.75 Å². The largest absolute Gasteiger partial charge is 0.484 e. The molecule has 0 bridgehead atoms. The minimum atomic E-state index is -0.672. The van der Waals surface area contributed by atoms with Crippen LogP contribution in [0.3, 0.4) is 0 Å². The number of hydrogen-bond donors (Lipinski definition) is 1. The van der Waals surface area contributed by atoms with E-state index in [1.807, 2.05) is 0 Å². The van der Waals surface area contributed by atoms with Crippen LogP contribution >= 0.6 is 0 Å². The van der Waals surface area contributed by atoms with E-state index in [1.165, 1.54) is 38.5 Å². The highest BCUT2D eigenvalue weighted by Gasteiger charge is 2.15. The van der Waals surface area contributed by atoms with Gasteiger partial charge in [0.25, 0.3) is 5.91 Å². The molecule has 8 heteroatoms. The predicted octanol–water partition coefficient (Wildman–Crippen LogP) is 2.09. The lowest BCUT2D eigenvalue weighted by Crippen LogP contribution is -2.28. The zero-order chi connectivity index (χ0) is 19.8. The molecule has 2 aromatic rings. The number of hydrogen-bond acceptors (Lipinski definition) is 6. The van der Waals surface area contributed by atoms with Crippen molar-refractivity contribution < 1.29 is 33.0 Å². The second-order valence-corrected chi connectivity index (χ2v) is 5.39. The number of nitrogens with one attached hydrogen (secondary N) is 1. The Morgan fingerprint density at radius 1 is 0.963 bits per heavy atom. The molecule has 7 nitrogen and oxygen atoms in total. The monoisotopic (exact) mass is 375 g/mol. The molecule has 0 aliphatic carbocycles. The SMILES string of the molecule is COC(=O)c1cc(OCC(=O)NCc2ccccc2F)cc(C(=O)OC)c1. The first-order valence-corrected chi connectivity index (χ1v) is 7.89. The molecule has 1 amide bonds. The van der Waals surface area contributed by atoms with E-state index in [2.05, 4.69) is 14.8 Å². The lowest BCUT2D eigenvalue weighted by molar-refractivity contribution is -0.123. The summed E-state index contributed by atoms with van der Waals surface area (Å²) in [6, 6.07) is 10.0. The van der Waals surface area contributed by atoms with Crippen LogP contribution in [0.15, 0.2) is 42.5 Å². The summed E-state index contributed by atoms with van der Waals surface area (Å²) in [6.45, 7) is -0.385. The number of esters is 2. The molecule has 1 N–H and O–H groups in total. The van der Waals surface area contributed by atoms with Gasteiger partial charge in [-0.25, -0.2) is 14.0 Å². The van der Waals surface area contributed by atoms with E-state index in [0.29, 0.717) is 5.56 Å². The summed E-state index contributed by atoms with van der Waals surface area (Å²) in [5.41, 5.74) is 0.482. The van der Waals surface area contributed by atoms with Crippen molar-refractivity contribution in [2.24, 2.45) is 0 Å². The molecule has 0 fully saturated rings. The van der Waals surface area contributed by atoms with Gasteiger partial charge in [0.05, 0.1) is 25.3 Å². The van der Waals surface area contributed by atoms with Gasteiger partial charge < -0.3 is 19.5 Å². The summed E-state index contributed by atoms with van der Waals surface area (Å²) in [4.78, 5) is 35.3. The van der Waals surface area contributed by atoms with Gasteiger partial charge in [0.2, 0.25) is 0 Å². The van der Waals surface area contributed by atoms with Gasteiger partial charge in [0.15, 0.2) is 6.61 Å². The molecule has 0 spiro atoms. The molecule has 0 saturated carbocycles. The van der Waals surface area contributed by atoms with Crippen LogP contribution in [-0.4, -0.2) is 38.7 Å². The van der Waals surface area contributed by atoms with Crippen molar-refractivity contribution in [2.45, 2.75) is 6.54 Å². The standard InChI is InChI=1S/C19H18FNO6/c1-25-18(23)13-7-14(19(24)26-2)9-15(8-13)27-11-17(22)21-10-12-5-3-4-6-16(12)20/h3-9H,10-11H2,1-2H3,(H,21,22). The summed E-state index contributed by atoms with van der Waals surface area (Å²) in [5, 5.41) is 2.52. The number of carbonyl (C=O) groups excluding carboxylic acids is 3. The molecule has 0 aliphatic rings. The molecule has 0 aliphatic heterocycles. The average molecular weight is 375 g/mol. The highest BCUT2D eigenvalue weighted by atomic mass is 19.1. The number of rotatable bonds is 7. The molecule has 0 unspecified atom stereocenters. The maximum Gasteiger partial charge on any atom is 0.338 e. The van der Waals surface area contributed by atoms with E-state index in [-0.39, 0.29) is 30.0 Å². The molecule has 27 heavy (non-hydrogen) atoms. The van der Waals surface area contributed by atoms with E-state index in [1.54, 1.807) is 18.2 Å². The molecular formula is C19H18FNO6. The number of amides is 1. The lowest BCUT2D eigenvalue weighted by atomic mass is 10.1. The second-order valence-electron chi connectivity index (χ2n) is 5.39. The fraction of sp³-hybridized carbons (Fsp3) is 0.211. The fourth-order valence-electron chi connectivity index (χ4n) is 2.19. The molecular weight excluding hydrogens is 357 g/mol. The number of benzene rings is 2. The van der Waals surface area contributed by atoms with Crippen molar-refractivity contribution in [1.82, 2.24) is 5.32 Å². The van der Waals surface area contributed by atoms with E-state index >= 15 is 0 Å². The Balaban J connectivity index is 2.03. The van der Waals surface area contributed by atoms with Gasteiger partial charge in [-0.05, 0) is 24.3 Å². The van der Waals surface area contributed by atoms with Gasteiger partial charge in [0, 0.05) is 12.1 Å². The lowest BCUT2D eigenvalue weighted by Gasteiger charge is -2.10. The third-order valence-corrected chi connectivity index (χ3v) is 3.55. The molecule has 0 atom stereocenters. The molecule has 0 aromatic heterocycles. The van der Waals surface area contributed by atoms with Crippen molar-refractivity contribution in [2.75, 3.05) is 20.8 Å². The Bertz CT molecular complexity index is 818. The summed E-state index contributed by atoms with van der Waals surface area (Å²) in [7, 11) is 2.40. The Labute approximate surface area is 155 Å². The van der Waals surface area contributed by atoms with Crippen LogP contribution in [-0.2, 0) is 20.8 Å². The molecule has 2 aromatic carbocycles. The molecule has 142 valence electrons.